The lowest BCUT2D eigenvalue weighted by Gasteiger charge is -2.15. The molecule has 2 aromatic rings. The standard InChI is InChI=1S/C20H25N3O6S2/c1-2-29-20(24)22-17-7-11-18(12-8-17)30(25,26)21-15-16-5-9-19(10-6-16)31(27,28)23-13-3-4-14-23/h5-12,21H,2-4,13-15H2,1H3,(H,22,24). The molecule has 11 heteroatoms. The Bertz CT molecular complexity index is 1110. The predicted octanol–water partition coefficient (Wildman–Crippen LogP) is 2.52. The van der Waals surface area contributed by atoms with Crippen LogP contribution >= 0.6 is 0 Å². The van der Waals surface area contributed by atoms with Gasteiger partial charge in [-0.25, -0.2) is 26.4 Å². The molecule has 0 unspecified atom stereocenters. The van der Waals surface area contributed by atoms with Crippen LogP contribution in [0.3, 0.4) is 0 Å². The van der Waals surface area contributed by atoms with E-state index in [4.69, 9.17) is 4.74 Å². The van der Waals surface area contributed by atoms with Gasteiger partial charge in [-0.15, -0.1) is 0 Å². The smallest absolute Gasteiger partial charge is 0.411 e. The number of nitrogens with one attached hydrogen (secondary N) is 2. The molecule has 2 N–H and O–H groups in total. The van der Waals surface area contributed by atoms with E-state index in [0.29, 0.717) is 24.3 Å². The number of anilines is 1. The Morgan fingerprint density at radius 3 is 2.10 bits per heavy atom. The maximum Gasteiger partial charge on any atom is 0.411 e. The Kier molecular flexibility index (Phi) is 7.31. The summed E-state index contributed by atoms with van der Waals surface area (Å²) < 4.78 is 58.9. The van der Waals surface area contributed by atoms with Crippen LogP contribution in [-0.4, -0.2) is 46.9 Å². The minimum absolute atomic E-state index is 0.00913. The Morgan fingerprint density at radius 2 is 1.52 bits per heavy atom. The third kappa shape index (κ3) is 5.82. The van der Waals surface area contributed by atoms with Crippen molar-refractivity contribution in [2.45, 2.75) is 36.1 Å². The van der Waals surface area contributed by atoms with Crippen LogP contribution in [0.25, 0.3) is 0 Å². The molecule has 0 radical (unpaired) electrons. The fourth-order valence-electron chi connectivity index (χ4n) is 3.12. The van der Waals surface area contributed by atoms with Gasteiger partial charge in [0.2, 0.25) is 20.0 Å². The highest BCUT2D eigenvalue weighted by Gasteiger charge is 2.27. The van der Waals surface area contributed by atoms with Gasteiger partial charge in [-0.3, -0.25) is 5.32 Å². The van der Waals surface area contributed by atoms with Crippen LogP contribution < -0.4 is 10.0 Å². The van der Waals surface area contributed by atoms with Gasteiger partial charge in [0.15, 0.2) is 0 Å². The van der Waals surface area contributed by atoms with E-state index in [-0.39, 0.29) is 22.9 Å². The van der Waals surface area contributed by atoms with Gasteiger partial charge in [0, 0.05) is 25.3 Å². The SMILES string of the molecule is CCOC(=O)Nc1ccc(S(=O)(=O)NCc2ccc(S(=O)(=O)N3CCCC3)cc2)cc1. The van der Waals surface area contributed by atoms with Crippen molar-refractivity contribution in [2.24, 2.45) is 0 Å². The molecule has 0 spiro atoms. The van der Waals surface area contributed by atoms with Crippen molar-refractivity contribution in [2.75, 3.05) is 25.0 Å². The van der Waals surface area contributed by atoms with E-state index in [1.165, 1.54) is 40.7 Å². The molecule has 31 heavy (non-hydrogen) atoms. The number of hydrogen-bond donors (Lipinski definition) is 2. The first-order chi connectivity index (χ1) is 14.7. The summed E-state index contributed by atoms with van der Waals surface area (Å²) in [4.78, 5) is 11.6. The topological polar surface area (TPSA) is 122 Å². The molecule has 168 valence electrons. The van der Waals surface area contributed by atoms with Crippen molar-refractivity contribution in [3.8, 4) is 0 Å². The van der Waals surface area contributed by atoms with E-state index in [2.05, 4.69) is 10.0 Å². The first kappa shape index (κ1) is 23.2. The number of hydrogen-bond acceptors (Lipinski definition) is 6. The molecule has 1 fully saturated rings. The lowest BCUT2D eigenvalue weighted by atomic mass is 10.2. The summed E-state index contributed by atoms with van der Waals surface area (Å²) in [5.41, 5.74) is 1.04. The lowest BCUT2D eigenvalue weighted by molar-refractivity contribution is 0.168. The maximum atomic E-state index is 12.6. The number of rotatable bonds is 8. The highest BCUT2D eigenvalue weighted by Crippen LogP contribution is 2.21. The van der Waals surface area contributed by atoms with E-state index >= 15 is 0 Å². The highest BCUT2D eigenvalue weighted by molar-refractivity contribution is 7.89. The number of benzene rings is 2. The number of sulfonamides is 2. The van der Waals surface area contributed by atoms with Crippen LogP contribution in [0.1, 0.15) is 25.3 Å². The quantitative estimate of drug-likeness (QED) is 0.615. The summed E-state index contributed by atoms with van der Waals surface area (Å²) in [5.74, 6) is 0. The third-order valence-electron chi connectivity index (χ3n) is 4.78. The summed E-state index contributed by atoms with van der Waals surface area (Å²) in [6.45, 7) is 2.97. The summed E-state index contributed by atoms with van der Waals surface area (Å²) in [5, 5.41) is 2.49. The molecule has 0 bridgehead atoms. The second kappa shape index (κ2) is 9.77. The Balaban J connectivity index is 1.61. The average molecular weight is 468 g/mol. The van der Waals surface area contributed by atoms with Crippen LogP contribution in [0.4, 0.5) is 10.5 Å². The van der Waals surface area contributed by atoms with E-state index in [9.17, 15) is 21.6 Å². The Hall–Kier alpha value is -2.47. The molecular weight excluding hydrogens is 442 g/mol. The second-order valence-electron chi connectivity index (χ2n) is 6.95. The van der Waals surface area contributed by atoms with Crippen LogP contribution in [0.5, 0.6) is 0 Å². The molecule has 2 aromatic carbocycles. The van der Waals surface area contributed by atoms with Crippen LogP contribution in [0, 0.1) is 0 Å². The van der Waals surface area contributed by atoms with Gasteiger partial charge in [0.05, 0.1) is 16.4 Å². The number of carbonyl (C=O) groups is 1. The molecule has 0 atom stereocenters. The third-order valence-corrected chi connectivity index (χ3v) is 8.11. The van der Waals surface area contributed by atoms with E-state index in [1.807, 2.05) is 0 Å². The molecular formula is C20H25N3O6S2. The van der Waals surface area contributed by atoms with Gasteiger partial charge in [-0.05, 0) is 61.7 Å². The number of nitrogens with zero attached hydrogens (tertiary/aromatic N) is 1. The summed E-state index contributed by atoms with van der Waals surface area (Å²) in [7, 11) is -7.29. The molecule has 3 rings (SSSR count). The molecule has 1 aliphatic heterocycles. The van der Waals surface area contributed by atoms with Crippen LogP contribution in [0.2, 0.25) is 0 Å². The zero-order valence-electron chi connectivity index (χ0n) is 17.1. The summed E-state index contributed by atoms with van der Waals surface area (Å²) in [6.07, 6.45) is 1.10. The highest BCUT2D eigenvalue weighted by atomic mass is 32.2. The largest absolute Gasteiger partial charge is 0.450 e. The molecule has 0 saturated carbocycles. The first-order valence-electron chi connectivity index (χ1n) is 9.85. The molecule has 0 aliphatic carbocycles. The van der Waals surface area contributed by atoms with Gasteiger partial charge in [-0.2, -0.15) is 4.31 Å². The van der Waals surface area contributed by atoms with Gasteiger partial charge >= 0.3 is 6.09 Å². The number of carbonyl (C=O) groups excluding carboxylic acids is 1. The molecule has 0 aromatic heterocycles. The second-order valence-corrected chi connectivity index (χ2v) is 10.7. The Morgan fingerprint density at radius 1 is 0.935 bits per heavy atom. The maximum absolute atomic E-state index is 12.6. The summed E-state index contributed by atoms with van der Waals surface area (Å²) >= 11 is 0. The van der Waals surface area contributed by atoms with Crippen molar-refractivity contribution in [1.29, 1.82) is 0 Å². The van der Waals surface area contributed by atoms with Gasteiger partial charge in [0.1, 0.15) is 0 Å². The number of ether oxygens (including phenoxy) is 1. The molecule has 9 nitrogen and oxygen atoms in total. The average Bonchev–Trinajstić information content (AvgIpc) is 3.29. The summed E-state index contributed by atoms with van der Waals surface area (Å²) in [6, 6.07) is 11.8. The molecule has 1 amide bonds. The van der Waals surface area contributed by atoms with Crippen molar-refractivity contribution >= 4 is 31.8 Å². The zero-order valence-corrected chi connectivity index (χ0v) is 18.7. The van der Waals surface area contributed by atoms with Crippen LogP contribution in [-0.2, 0) is 31.3 Å². The van der Waals surface area contributed by atoms with E-state index in [0.717, 1.165) is 12.8 Å². The fourth-order valence-corrected chi connectivity index (χ4v) is 5.66. The van der Waals surface area contributed by atoms with Gasteiger partial charge < -0.3 is 4.74 Å². The first-order valence-corrected chi connectivity index (χ1v) is 12.8. The van der Waals surface area contributed by atoms with Crippen molar-refractivity contribution < 1.29 is 26.4 Å². The molecule has 1 aliphatic rings. The van der Waals surface area contributed by atoms with Crippen LogP contribution in [0.15, 0.2) is 58.3 Å². The normalized spacial score (nSPS) is 15.0. The lowest BCUT2D eigenvalue weighted by Crippen LogP contribution is -2.28. The Labute approximate surface area is 182 Å². The minimum atomic E-state index is -3.79. The fraction of sp³-hybridized carbons (Fsp3) is 0.350. The predicted molar refractivity (Wildman–Crippen MR) is 116 cm³/mol. The monoisotopic (exact) mass is 467 g/mol. The van der Waals surface area contributed by atoms with E-state index < -0.39 is 26.1 Å². The van der Waals surface area contributed by atoms with Gasteiger partial charge in [0.25, 0.3) is 0 Å². The van der Waals surface area contributed by atoms with Crippen molar-refractivity contribution in [1.82, 2.24) is 9.03 Å². The number of amides is 1. The van der Waals surface area contributed by atoms with Crippen molar-refractivity contribution in [3.05, 3.63) is 54.1 Å². The van der Waals surface area contributed by atoms with E-state index in [1.54, 1.807) is 19.1 Å². The van der Waals surface area contributed by atoms with Gasteiger partial charge in [-0.1, -0.05) is 12.1 Å². The minimum Gasteiger partial charge on any atom is -0.450 e. The zero-order chi connectivity index (χ0) is 22.5. The van der Waals surface area contributed by atoms with Crippen molar-refractivity contribution in [3.63, 3.8) is 0 Å². The molecule has 1 heterocycles. The molecule has 1 saturated heterocycles.